The summed E-state index contributed by atoms with van der Waals surface area (Å²) in [6, 6.07) is 14.2. The van der Waals surface area contributed by atoms with Gasteiger partial charge in [0.1, 0.15) is 11.0 Å². The van der Waals surface area contributed by atoms with E-state index in [1.54, 1.807) is 36.4 Å². The molecule has 2 aromatic heterocycles. The van der Waals surface area contributed by atoms with Gasteiger partial charge in [0.15, 0.2) is 0 Å². The van der Waals surface area contributed by atoms with Gasteiger partial charge in [0.05, 0.1) is 12.4 Å². The fraction of sp³-hybridized carbons (Fsp3) is 0. The molecule has 2 heterocycles. The van der Waals surface area contributed by atoms with Gasteiger partial charge in [0.2, 0.25) is 0 Å². The van der Waals surface area contributed by atoms with Crippen LogP contribution in [-0.4, -0.2) is 31.8 Å². The van der Waals surface area contributed by atoms with Gasteiger partial charge in [-0.3, -0.25) is 0 Å². The van der Waals surface area contributed by atoms with Crippen molar-refractivity contribution in [3.05, 3.63) is 60.9 Å². The lowest BCUT2D eigenvalue weighted by molar-refractivity contribution is -0.169. The molecule has 0 N–H and O–H groups in total. The molecule has 0 radical (unpaired) electrons. The number of hydrogen-bond acceptors (Lipinski definition) is 6. The summed E-state index contributed by atoms with van der Waals surface area (Å²) in [7, 11) is 0. The molecule has 24 heavy (non-hydrogen) atoms. The maximum atomic E-state index is 11.9. The van der Waals surface area contributed by atoms with E-state index in [9.17, 15) is 9.59 Å². The van der Waals surface area contributed by atoms with Crippen molar-refractivity contribution in [1.29, 1.82) is 0 Å². The van der Waals surface area contributed by atoms with E-state index < -0.39 is 11.9 Å². The van der Waals surface area contributed by atoms with E-state index in [0.717, 1.165) is 20.5 Å². The maximum Gasteiger partial charge on any atom is 0.445 e. The van der Waals surface area contributed by atoms with Crippen molar-refractivity contribution in [2.45, 2.75) is 0 Å². The summed E-state index contributed by atoms with van der Waals surface area (Å²) >= 11 is 0. The average molecular weight is 322 g/mol. The topological polar surface area (TPSA) is 88.2 Å². The highest BCUT2D eigenvalue weighted by atomic mass is 16.8. The summed E-state index contributed by atoms with van der Waals surface area (Å²) in [6.07, 6.45) is 3.05. The van der Waals surface area contributed by atoms with Crippen molar-refractivity contribution in [2.24, 2.45) is 0 Å². The van der Waals surface area contributed by atoms with Crippen LogP contribution in [0.5, 0.6) is 0 Å². The van der Waals surface area contributed by atoms with Crippen LogP contribution in [-0.2, 0) is 9.59 Å². The molecule has 0 atom stereocenters. The number of aromatic nitrogens is 4. The molecular formula is C16H10N4O4. The van der Waals surface area contributed by atoms with Crippen LogP contribution in [0.4, 0.5) is 0 Å². The zero-order chi connectivity index (χ0) is 16.5. The molecule has 8 nitrogen and oxygen atoms in total. The fourth-order valence-corrected chi connectivity index (χ4v) is 2.27. The van der Waals surface area contributed by atoms with Crippen LogP contribution in [0, 0.1) is 0 Å². The first-order chi connectivity index (χ1) is 11.7. The van der Waals surface area contributed by atoms with Gasteiger partial charge in [-0.05, 0) is 12.1 Å². The van der Waals surface area contributed by atoms with Gasteiger partial charge in [-0.25, -0.2) is 9.59 Å². The highest BCUT2D eigenvalue weighted by molar-refractivity contribution is 6.30. The lowest BCUT2D eigenvalue weighted by Crippen LogP contribution is -2.35. The Balaban J connectivity index is 1.53. The number of benzene rings is 2. The Morgan fingerprint density at radius 1 is 0.708 bits per heavy atom. The zero-order valence-corrected chi connectivity index (χ0v) is 12.2. The van der Waals surface area contributed by atoms with Crippen LogP contribution in [0.3, 0.4) is 0 Å². The lowest BCUT2D eigenvalue weighted by atomic mass is 10.3. The van der Waals surface area contributed by atoms with Gasteiger partial charge >= 0.3 is 11.9 Å². The van der Waals surface area contributed by atoms with E-state index >= 15 is 0 Å². The molecule has 0 aliphatic carbocycles. The van der Waals surface area contributed by atoms with E-state index in [1.807, 2.05) is 12.1 Å². The standard InChI is InChI=1S/C16H10N4O4/c21-15(23-19-13-7-3-1-5-11(13)9-17-19)16(22)24-20-14-8-4-2-6-12(14)10-18-20/h1-10H. The Bertz CT molecular complexity index is 980. The Morgan fingerprint density at radius 2 is 1.12 bits per heavy atom. The molecule has 0 fully saturated rings. The van der Waals surface area contributed by atoms with Crippen molar-refractivity contribution in [1.82, 2.24) is 19.9 Å². The van der Waals surface area contributed by atoms with Crippen molar-refractivity contribution in [3.63, 3.8) is 0 Å². The van der Waals surface area contributed by atoms with Crippen LogP contribution in [0.2, 0.25) is 0 Å². The molecule has 118 valence electrons. The minimum atomic E-state index is -1.21. The minimum Gasteiger partial charge on any atom is -0.307 e. The van der Waals surface area contributed by atoms with Crippen molar-refractivity contribution in [3.8, 4) is 0 Å². The average Bonchev–Trinajstić information content (AvgIpc) is 3.20. The predicted molar refractivity (Wildman–Crippen MR) is 82.6 cm³/mol. The Kier molecular flexibility index (Phi) is 3.20. The van der Waals surface area contributed by atoms with Gasteiger partial charge in [-0.1, -0.05) is 46.1 Å². The number of carbonyl (C=O) groups excluding carboxylic acids is 2. The largest absolute Gasteiger partial charge is 0.445 e. The Hall–Kier alpha value is -3.68. The second kappa shape index (κ2) is 5.51. The first-order valence-corrected chi connectivity index (χ1v) is 7.03. The third-order valence-electron chi connectivity index (χ3n) is 3.39. The van der Waals surface area contributed by atoms with E-state index in [-0.39, 0.29) is 0 Å². The second-order valence-corrected chi connectivity index (χ2v) is 4.91. The molecule has 4 rings (SSSR count). The van der Waals surface area contributed by atoms with Crippen LogP contribution in [0.1, 0.15) is 0 Å². The molecule has 2 aromatic carbocycles. The minimum absolute atomic E-state index is 0.559. The third kappa shape index (κ3) is 2.35. The molecule has 0 saturated heterocycles. The van der Waals surface area contributed by atoms with Gasteiger partial charge in [0, 0.05) is 10.8 Å². The van der Waals surface area contributed by atoms with Crippen LogP contribution in [0.15, 0.2) is 60.9 Å². The van der Waals surface area contributed by atoms with Crippen LogP contribution in [0.25, 0.3) is 21.8 Å². The Morgan fingerprint density at radius 3 is 1.58 bits per heavy atom. The van der Waals surface area contributed by atoms with Gasteiger partial charge < -0.3 is 9.68 Å². The molecule has 0 aliphatic rings. The predicted octanol–water partition coefficient (Wildman–Crippen LogP) is 0.997. The summed E-state index contributed by atoms with van der Waals surface area (Å²) in [5.41, 5.74) is 1.12. The van der Waals surface area contributed by atoms with Crippen molar-refractivity contribution < 1.29 is 19.3 Å². The monoisotopic (exact) mass is 322 g/mol. The highest BCUT2D eigenvalue weighted by Crippen LogP contribution is 2.12. The number of para-hydroxylation sites is 2. The van der Waals surface area contributed by atoms with E-state index in [2.05, 4.69) is 10.2 Å². The van der Waals surface area contributed by atoms with E-state index in [4.69, 9.17) is 9.68 Å². The molecule has 0 spiro atoms. The maximum absolute atomic E-state index is 11.9. The molecule has 0 aliphatic heterocycles. The molecule has 0 bridgehead atoms. The van der Waals surface area contributed by atoms with E-state index in [0.29, 0.717) is 11.0 Å². The number of carbonyl (C=O) groups is 2. The smallest absolute Gasteiger partial charge is 0.307 e. The summed E-state index contributed by atoms with van der Waals surface area (Å²) < 4.78 is 0. The van der Waals surface area contributed by atoms with Crippen molar-refractivity contribution in [2.75, 3.05) is 0 Å². The van der Waals surface area contributed by atoms with E-state index in [1.165, 1.54) is 12.4 Å². The first kappa shape index (κ1) is 13.9. The molecule has 0 amide bonds. The molecule has 0 saturated carbocycles. The Labute approximate surface area is 134 Å². The number of rotatable bonds is 2. The van der Waals surface area contributed by atoms with Crippen LogP contribution >= 0.6 is 0 Å². The lowest BCUT2D eigenvalue weighted by Gasteiger charge is -2.05. The normalized spacial score (nSPS) is 10.8. The summed E-state index contributed by atoms with van der Waals surface area (Å²) in [6.45, 7) is 0. The number of fused-ring (bicyclic) bond motifs is 2. The SMILES string of the molecule is O=C(On1ncc2ccccc21)C(=O)On1ncc2ccccc21. The van der Waals surface area contributed by atoms with Crippen molar-refractivity contribution >= 4 is 33.7 Å². The fourth-order valence-electron chi connectivity index (χ4n) is 2.27. The van der Waals surface area contributed by atoms with Gasteiger partial charge in [-0.15, -0.1) is 10.2 Å². The second-order valence-electron chi connectivity index (χ2n) is 4.91. The number of hydrogen-bond donors (Lipinski definition) is 0. The molecular weight excluding hydrogens is 312 g/mol. The number of nitrogens with zero attached hydrogens (tertiary/aromatic N) is 4. The quantitative estimate of drug-likeness (QED) is 0.512. The third-order valence-corrected chi connectivity index (χ3v) is 3.39. The summed E-state index contributed by atoms with van der Waals surface area (Å²) in [5.74, 6) is -2.41. The van der Waals surface area contributed by atoms with Crippen LogP contribution < -0.4 is 9.68 Å². The summed E-state index contributed by atoms with van der Waals surface area (Å²) in [5, 5.41) is 9.37. The zero-order valence-electron chi connectivity index (χ0n) is 12.2. The molecule has 4 aromatic rings. The molecule has 0 unspecified atom stereocenters. The molecule has 8 heteroatoms. The van der Waals surface area contributed by atoms with Gasteiger partial charge in [0.25, 0.3) is 0 Å². The summed E-state index contributed by atoms with van der Waals surface area (Å²) in [4.78, 5) is 35.7. The van der Waals surface area contributed by atoms with Gasteiger partial charge in [-0.2, -0.15) is 0 Å². The highest BCUT2D eigenvalue weighted by Gasteiger charge is 2.22. The first-order valence-electron chi connectivity index (χ1n) is 7.03.